The van der Waals surface area contributed by atoms with Gasteiger partial charge in [0.2, 0.25) is 11.8 Å². The lowest BCUT2D eigenvalue weighted by Crippen LogP contribution is -2.38. The minimum atomic E-state index is -2.78. The smallest absolute Gasteiger partial charge is 0.296 e. The maximum Gasteiger partial charge on any atom is 0.296 e. The Labute approximate surface area is 250 Å². The number of ketones is 1. The summed E-state index contributed by atoms with van der Waals surface area (Å²) >= 11 is 0. The predicted molar refractivity (Wildman–Crippen MR) is 158 cm³/mol. The third-order valence-corrected chi connectivity index (χ3v) is 9.88. The molecule has 0 unspecified atom stereocenters. The molecule has 7 rings (SSSR count). The van der Waals surface area contributed by atoms with Crippen LogP contribution in [0.2, 0.25) is 0 Å². The van der Waals surface area contributed by atoms with E-state index in [0.29, 0.717) is 85.7 Å². The average molecular weight is 595 g/mol. The van der Waals surface area contributed by atoms with Crippen LogP contribution in [-0.2, 0) is 9.53 Å². The first kappa shape index (κ1) is 28.6. The number of nitrogens with zero attached hydrogens (tertiary/aromatic N) is 5. The normalized spacial score (nSPS) is 27.3. The summed E-state index contributed by atoms with van der Waals surface area (Å²) in [5.74, 6) is 3.04. The van der Waals surface area contributed by atoms with Crippen LogP contribution in [0.4, 0.5) is 14.7 Å². The number of ether oxygens (including phenoxy) is 2. The summed E-state index contributed by atoms with van der Waals surface area (Å²) < 4.78 is 41.6. The number of hydrogen-bond donors (Lipinski definition) is 1. The summed E-state index contributed by atoms with van der Waals surface area (Å²) in [6.07, 6.45) is 6.50. The average Bonchev–Trinajstić information content (AvgIpc) is 3.76. The number of halogens is 2. The van der Waals surface area contributed by atoms with Crippen LogP contribution in [0.5, 0.6) is 5.88 Å². The number of carbonyl (C=O) groups is 1. The molecule has 3 aromatic rings. The molecule has 1 saturated heterocycles. The minimum absolute atomic E-state index is 0.0621. The first-order chi connectivity index (χ1) is 21.0. The molecular formula is C32H40F2N6O3. The van der Waals surface area contributed by atoms with Crippen molar-refractivity contribution in [3.8, 4) is 11.7 Å². The Balaban J connectivity index is 1.03. The molecular weight excluding hydrogens is 554 g/mol. The monoisotopic (exact) mass is 594 g/mol. The molecule has 230 valence electrons. The van der Waals surface area contributed by atoms with Gasteiger partial charge in [0.25, 0.3) is 6.43 Å². The number of para-hydroxylation sites is 2. The van der Waals surface area contributed by atoms with Gasteiger partial charge >= 0.3 is 0 Å². The largest absolute Gasteiger partial charge is 0.474 e. The Morgan fingerprint density at radius 3 is 2.58 bits per heavy atom. The Morgan fingerprint density at radius 1 is 1.02 bits per heavy atom. The molecule has 11 heteroatoms. The fourth-order valence-corrected chi connectivity index (χ4v) is 7.67. The lowest BCUT2D eigenvalue weighted by Gasteiger charge is -2.30. The van der Waals surface area contributed by atoms with E-state index in [4.69, 9.17) is 19.4 Å². The molecule has 1 aromatic carbocycles. The van der Waals surface area contributed by atoms with Crippen molar-refractivity contribution in [2.45, 2.75) is 76.4 Å². The van der Waals surface area contributed by atoms with E-state index in [1.165, 1.54) is 30.3 Å². The second-order valence-corrected chi connectivity index (χ2v) is 12.7. The van der Waals surface area contributed by atoms with Crippen LogP contribution in [0.15, 0.2) is 30.3 Å². The van der Waals surface area contributed by atoms with Gasteiger partial charge in [0.05, 0.1) is 30.8 Å². The van der Waals surface area contributed by atoms with Gasteiger partial charge in [-0.05, 0) is 74.8 Å². The first-order valence-corrected chi connectivity index (χ1v) is 15.9. The number of aromatic nitrogens is 4. The summed E-state index contributed by atoms with van der Waals surface area (Å²) in [6.45, 7) is 2.78. The van der Waals surface area contributed by atoms with Gasteiger partial charge in [-0.2, -0.15) is 9.97 Å². The molecule has 43 heavy (non-hydrogen) atoms. The van der Waals surface area contributed by atoms with Crippen molar-refractivity contribution in [2.24, 2.45) is 17.8 Å². The number of anilines is 1. The van der Waals surface area contributed by atoms with Crippen molar-refractivity contribution < 1.29 is 23.0 Å². The number of imidazole rings is 1. The van der Waals surface area contributed by atoms with E-state index in [0.717, 1.165) is 37.5 Å². The van der Waals surface area contributed by atoms with E-state index in [1.807, 2.05) is 4.90 Å². The van der Waals surface area contributed by atoms with Crippen molar-refractivity contribution in [3.05, 3.63) is 36.2 Å². The van der Waals surface area contributed by atoms with Gasteiger partial charge in [0.15, 0.2) is 5.82 Å². The van der Waals surface area contributed by atoms with Gasteiger partial charge in [0, 0.05) is 31.6 Å². The van der Waals surface area contributed by atoms with E-state index in [-0.39, 0.29) is 11.9 Å². The van der Waals surface area contributed by atoms with Gasteiger partial charge in [-0.25, -0.2) is 13.8 Å². The fourth-order valence-electron chi connectivity index (χ4n) is 7.67. The number of rotatable bonds is 10. The molecule has 0 amide bonds. The maximum absolute atomic E-state index is 14.2. The Hall–Kier alpha value is -3.18. The van der Waals surface area contributed by atoms with Crippen LogP contribution in [0.3, 0.4) is 0 Å². The van der Waals surface area contributed by atoms with Crippen molar-refractivity contribution in [1.82, 2.24) is 24.8 Å². The van der Waals surface area contributed by atoms with Crippen molar-refractivity contribution in [1.29, 1.82) is 0 Å². The van der Waals surface area contributed by atoms with Gasteiger partial charge in [-0.15, -0.1) is 0 Å². The van der Waals surface area contributed by atoms with Crippen LogP contribution in [0.25, 0.3) is 16.9 Å². The zero-order valence-electron chi connectivity index (χ0n) is 24.5. The second kappa shape index (κ2) is 12.4. The molecule has 3 atom stereocenters. The van der Waals surface area contributed by atoms with Crippen molar-refractivity contribution >= 4 is 22.8 Å². The van der Waals surface area contributed by atoms with E-state index in [1.54, 1.807) is 30.3 Å². The zero-order valence-corrected chi connectivity index (χ0v) is 24.5. The first-order valence-electron chi connectivity index (χ1n) is 15.9. The maximum atomic E-state index is 14.2. The number of carbonyl (C=O) groups excluding carboxylic acids is 1. The van der Waals surface area contributed by atoms with Crippen LogP contribution >= 0.6 is 0 Å². The minimum Gasteiger partial charge on any atom is -0.474 e. The van der Waals surface area contributed by atoms with Gasteiger partial charge < -0.3 is 19.7 Å². The van der Waals surface area contributed by atoms with Crippen LogP contribution in [0.1, 0.15) is 70.0 Å². The third kappa shape index (κ3) is 6.24. The van der Waals surface area contributed by atoms with E-state index >= 15 is 0 Å². The number of morpholine rings is 1. The summed E-state index contributed by atoms with van der Waals surface area (Å²) in [5.41, 5.74) is 1.03. The molecule has 1 aliphatic heterocycles. The predicted octanol–water partition coefficient (Wildman–Crippen LogP) is 5.26. The summed E-state index contributed by atoms with van der Waals surface area (Å²) in [4.78, 5) is 28.4. The molecule has 3 saturated carbocycles. The van der Waals surface area contributed by atoms with E-state index < -0.39 is 6.43 Å². The Kier molecular flexibility index (Phi) is 8.27. The molecule has 4 aliphatic rings. The lowest BCUT2D eigenvalue weighted by atomic mass is 9.84. The molecule has 0 radical (unpaired) electrons. The number of Topliss-reactive ketones (excluding diaryl/α,β-unsaturated/α-hetero) is 1. The molecule has 3 heterocycles. The topological polar surface area (TPSA) is 94.4 Å². The number of hydrogen-bond acceptors (Lipinski definition) is 8. The standard InChI is InChI=1S/C32H40F2N6O3/c33-30(34)31-36-25-3-1-2-4-27(25)40(31)28-18-29(38-32(37-28)39-11-13-42-14-12-39)43-24-9-6-20(7-10-24)16-23(41)19-35-26-17-21-5-8-22(26)15-21/h1-4,18,20-22,24,26,30,35H,5-17,19H2/t20?,21-,22+,24?,26-/m0/s1. The highest BCUT2D eigenvalue weighted by Crippen LogP contribution is 2.44. The second-order valence-electron chi connectivity index (χ2n) is 12.7. The molecule has 4 fully saturated rings. The van der Waals surface area contributed by atoms with Crippen molar-refractivity contribution in [2.75, 3.05) is 37.7 Å². The molecule has 3 aliphatic carbocycles. The zero-order chi connectivity index (χ0) is 29.3. The number of benzene rings is 1. The van der Waals surface area contributed by atoms with E-state index in [2.05, 4.69) is 10.3 Å². The number of alkyl halides is 2. The lowest BCUT2D eigenvalue weighted by molar-refractivity contribution is -0.119. The molecule has 9 nitrogen and oxygen atoms in total. The quantitative estimate of drug-likeness (QED) is 0.340. The highest BCUT2D eigenvalue weighted by Gasteiger charge is 2.39. The number of nitrogens with one attached hydrogen (secondary N) is 1. The van der Waals surface area contributed by atoms with Crippen molar-refractivity contribution in [3.63, 3.8) is 0 Å². The molecule has 2 aromatic heterocycles. The van der Waals surface area contributed by atoms with Gasteiger partial charge in [-0.3, -0.25) is 9.36 Å². The van der Waals surface area contributed by atoms with Crippen LogP contribution in [0, 0.1) is 17.8 Å². The molecule has 1 N–H and O–H groups in total. The summed E-state index contributed by atoms with van der Waals surface area (Å²) in [7, 11) is 0. The summed E-state index contributed by atoms with van der Waals surface area (Å²) in [5, 5.41) is 3.56. The van der Waals surface area contributed by atoms with Gasteiger partial charge in [0.1, 0.15) is 17.7 Å². The fraction of sp³-hybridized carbons (Fsp3) is 0.625. The summed E-state index contributed by atoms with van der Waals surface area (Å²) in [6, 6.07) is 9.24. The van der Waals surface area contributed by atoms with Crippen LogP contribution < -0.4 is 15.0 Å². The highest BCUT2D eigenvalue weighted by atomic mass is 19.3. The molecule has 2 bridgehead atoms. The Morgan fingerprint density at radius 2 is 1.84 bits per heavy atom. The molecule has 0 spiro atoms. The SMILES string of the molecule is O=C(CN[C@H]1C[C@H]2CC[C@@H]1C2)CC1CCC(Oc2cc(-n3c(C(F)F)nc4ccccc43)nc(N3CCOCC3)n2)CC1. The van der Waals surface area contributed by atoms with E-state index in [9.17, 15) is 13.6 Å². The number of fused-ring (bicyclic) bond motifs is 3. The Bertz CT molecular complexity index is 1440. The van der Waals surface area contributed by atoms with Gasteiger partial charge in [-0.1, -0.05) is 18.6 Å². The third-order valence-electron chi connectivity index (χ3n) is 9.88. The highest BCUT2D eigenvalue weighted by molar-refractivity contribution is 5.80. The van der Waals surface area contributed by atoms with Crippen LogP contribution in [-0.4, -0.2) is 70.3 Å².